The van der Waals surface area contributed by atoms with Gasteiger partial charge in [-0.25, -0.2) is 14.2 Å². The van der Waals surface area contributed by atoms with E-state index in [0.717, 1.165) is 31.9 Å². The largest absolute Gasteiger partial charge is 0.437 e. The van der Waals surface area contributed by atoms with Gasteiger partial charge in [0.1, 0.15) is 16.5 Å². The van der Waals surface area contributed by atoms with Crippen LogP contribution in [0.2, 0.25) is 5.02 Å². The van der Waals surface area contributed by atoms with Crippen LogP contribution in [0.4, 0.5) is 16.0 Å². The molecule has 0 amide bonds. The van der Waals surface area contributed by atoms with E-state index in [1.165, 1.54) is 12.3 Å². The maximum absolute atomic E-state index is 14.1. The van der Waals surface area contributed by atoms with E-state index in [-0.39, 0.29) is 11.8 Å². The Morgan fingerprint density at radius 2 is 1.85 bits per heavy atom. The number of nitrogens with zero attached hydrogens (tertiary/aromatic N) is 7. The normalized spacial score (nSPS) is 14.8. The summed E-state index contributed by atoms with van der Waals surface area (Å²) in [6.07, 6.45) is 3.57. The monoisotopic (exact) mass is 570 g/mol. The van der Waals surface area contributed by atoms with Gasteiger partial charge in [0.25, 0.3) is 0 Å². The number of rotatable bonds is 8. The van der Waals surface area contributed by atoms with Crippen LogP contribution in [-0.2, 0) is 24.5 Å². The fraction of sp³-hybridized carbons (Fsp3) is 0.308. The first-order valence-electron chi connectivity index (χ1n) is 12.4. The minimum absolute atomic E-state index is 0.0248. The van der Waals surface area contributed by atoms with Gasteiger partial charge in [0, 0.05) is 45.0 Å². The molecule has 0 radical (unpaired) electrons. The molecule has 1 aliphatic rings. The SMILES string of the molecule is CCc1c(Oc2cccc(N3CCN(C)CC3)c2Cl)nc(NS(=O)c2cnn(C)c2)nc1-c1cccc(F)n1. The maximum atomic E-state index is 14.1. The molecule has 1 aromatic carbocycles. The lowest BCUT2D eigenvalue weighted by Crippen LogP contribution is -2.44. The molecule has 1 aliphatic heterocycles. The Balaban J connectivity index is 1.55. The quantitative estimate of drug-likeness (QED) is 0.313. The molecule has 0 bridgehead atoms. The predicted octanol–water partition coefficient (Wildman–Crippen LogP) is 4.31. The van der Waals surface area contributed by atoms with E-state index < -0.39 is 16.9 Å². The predicted molar refractivity (Wildman–Crippen MR) is 149 cm³/mol. The zero-order chi connectivity index (χ0) is 27.5. The van der Waals surface area contributed by atoms with Crippen LogP contribution in [0, 0.1) is 5.95 Å². The van der Waals surface area contributed by atoms with Crippen LogP contribution in [0.1, 0.15) is 12.5 Å². The zero-order valence-electron chi connectivity index (χ0n) is 21.8. The first-order valence-corrected chi connectivity index (χ1v) is 14.0. The van der Waals surface area contributed by atoms with E-state index >= 15 is 0 Å². The molecule has 0 aliphatic carbocycles. The number of benzene rings is 1. The van der Waals surface area contributed by atoms with E-state index in [2.05, 4.69) is 41.6 Å². The van der Waals surface area contributed by atoms with E-state index in [1.807, 2.05) is 19.1 Å². The van der Waals surface area contributed by atoms with Gasteiger partial charge < -0.3 is 14.5 Å². The first-order chi connectivity index (χ1) is 18.8. The maximum Gasteiger partial charge on any atom is 0.238 e. The second kappa shape index (κ2) is 11.6. The number of aromatic nitrogens is 5. The fourth-order valence-corrected chi connectivity index (χ4v) is 5.32. The Kier molecular flexibility index (Phi) is 8.05. The number of aryl methyl sites for hydroxylation is 1. The third-order valence-electron chi connectivity index (χ3n) is 6.35. The van der Waals surface area contributed by atoms with Crippen molar-refractivity contribution in [1.82, 2.24) is 29.6 Å². The number of hydrogen-bond donors (Lipinski definition) is 1. The van der Waals surface area contributed by atoms with Gasteiger partial charge in [-0.15, -0.1) is 0 Å². The number of ether oxygens (including phenoxy) is 1. The number of nitrogens with one attached hydrogen (secondary N) is 1. The summed E-state index contributed by atoms with van der Waals surface area (Å²) in [5.41, 5.74) is 2.13. The van der Waals surface area contributed by atoms with Crippen molar-refractivity contribution in [3.05, 3.63) is 65.3 Å². The Labute approximate surface area is 233 Å². The van der Waals surface area contributed by atoms with Crippen molar-refractivity contribution in [1.29, 1.82) is 0 Å². The summed E-state index contributed by atoms with van der Waals surface area (Å²) in [4.78, 5) is 18.0. The molecule has 10 nitrogen and oxygen atoms in total. The Bertz CT molecular complexity index is 1510. The summed E-state index contributed by atoms with van der Waals surface area (Å²) < 4.78 is 37.7. The lowest BCUT2D eigenvalue weighted by atomic mass is 10.1. The number of hydrogen-bond acceptors (Lipinski definition) is 8. The van der Waals surface area contributed by atoms with Crippen LogP contribution in [0.5, 0.6) is 11.6 Å². The summed E-state index contributed by atoms with van der Waals surface area (Å²) in [5, 5.41) is 4.52. The van der Waals surface area contributed by atoms with Gasteiger partial charge in [-0.3, -0.25) is 9.40 Å². The van der Waals surface area contributed by atoms with Crippen LogP contribution in [0.3, 0.4) is 0 Å². The van der Waals surface area contributed by atoms with Gasteiger partial charge in [0.15, 0.2) is 11.0 Å². The molecule has 1 atom stereocenters. The van der Waals surface area contributed by atoms with Crippen molar-refractivity contribution in [2.45, 2.75) is 18.2 Å². The summed E-state index contributed by atoms with van der Waals surface area (Å²) in [5.74, 6) is -0.000512. The molecule has 4 heterocycles. The van der Waals surface area contributed by atoms with Crippen molar-refractivity contribution < 1.29 is 13.3 Å². The number of piperazine rings is 1. The lowest BCUT2D eigenvalue weighted by molar-refractivity contribution is 0.313. The van der Waals surface area contributed by atoms with Crippen LogP contribution >= 0.6 is 11.6 Å². The molecule has 1 unspecified atom stereocenters. The molecule has 3 aromatic heterocycles. The number of pyridine rings is 1. The summed E-state index contributed by atoms with van der Waals surface area (Å²) in [6.45, 7) is 5.46. The Hall–Kier alpha value is -3.61. The minimum atomic E-state index is -1.71. The summed E-state index contributed by atoms with van der Waals surface area (Å²) in [7, 11) is 2.12. The van der Waals surface area contributed by atoms with Gasteiger partial charge in [-0.2, -0.15) is 14.5 Å². The molecule has 0 spiro atoms. The van der Waals surface area contributed by atoms with Crippen molar-refractivity contribution >= 4 is 34.2 Å². The molecule has 5 rings (SSSR count). The van der Waals surface area contributed by atoms with Gasteiger partial charge in [-0.1, -0.05) is 30.7 Å². The minimum Gasteiger partial charge on any atom is -0.437 e. The van der Waals surface area contributed by atoms with E-state index in [1.54, 1.807) is 36.1 Å². The third-order valence-corrected chi connectivity index (χ3v) is 7.74. The average molecular weight is 571 g/mol. The topological polar surface area (TPSA) is 101 Å². The van der Waals surface area contributed by atoms with E-state index in [0.29, 0.717) is 39.0 Å². The zero-order valence-corrected chi connectivity index (χ0v) is 23.3. The average Bonchev–Trinajstić information content (AvgIpc) is 3.37. The second-order valence-corrected chi connectivity index (χ2v) is 10.7. The van der Waals surface area contributed by atoms with Gasteiger partial charge in [0.05, 0.1) is 22.5 Å². The smallest absolute Gasteiger partial charge is 0.238 e. The Morgan fingerprint density at radius 1 is 1.08 bits per heavy atom. The number of likely N-dealkylation sites (N-methyl/N-ethyl adjacent to an activating group) is 1. The molecule has 1 fully saturated rings. The molecular formula is C26H28ClFN8O2S. The first kappa shape index (κ1) is 27.0. The summed E-state index contributed by atoms with van der Waals surface area (Å²) >= 11 is 6.85. The summed E-state index contributed by atoms with van der Waals surface area (Å²) in [6, 6.07) is 10.1. The molecule has 39 heavy (non-hydrogen) atoms. The van der Waals surface area contributed by atoms with Crippen LogP contribution in [0.25, 0.3) is 11.4 Å². The highest BCUT2D eigenvalue weighted by molar-refractivity contribution is 7.86. The molecule has 0 saturated carbocycles. The van der Waals surface area contributed by atoms with Gasteiger partial charge >= 0.3 is 0 Å². The molecule has 4 aromatic rings. The molecule has 204 valence electrons. The van der Waals surface area contributed by atoms with Gasteiger partial charge in [-0.05, 0) is 37.7 Å². The Morgan fingerprint density at radius 3 is 2.54 bits per heavy atom. The molecule has 1 saturated heterocycles. The highest BCUT2D eigenvalue weighted by Gasteiger charge is 2.23. The van der Waals surface area contributed by atoms with Crippen molar-refractivity contribution in [2.75, 3.05) is 42.8 Å². The van der Waals surface area contributed by atoms with E-state index in [9.17, 15) is 8.60 Å². The highest BCUT2D eigenvalue weighted by atomic mass is 35.5. The third kappa shape index (κ3) is 6.02. The van der Waals surface area contributed by atoms with Crippen LogP contribution in [-0.4, -0.2) is 67.1 Å². The van der Waals surface area contributed by atoms with Crippen molar-refractivity contribution in [3.8, 4) is 23.0 Å². The van der Waals surface area contributed by atoms with Gasteiger partial charge in [0.2, 0.25) is 17.8 Å². The van der Waals surface area contributed by atoms with Crippen molar-refractivity contribution in [2.24, 2.45) is 7.05 Å². The highest BCUT2D eigenvalue weighted by Crippen LogP contribution is 2.39. The number of anilines is 2. The number of halogens is 2. The molecular weight excluding hydrogens is 543 g/mol. The van der Waals surface area contributed by atoms with Crippen molar-refractivity contribution in [3.63, 3.8) is 0 Å². The standard InChI is InChI=1S/C26H28ClFN8O2S/c1-4-18-24(19-7-5-10-22(28)30-19)31-26(33-39(37)17-15-29-35(3)16-17)32-25(18)38-21-9-6-8-20(23(21)27)36-13-11-34(2)12-14-36/h5-10,15-16H,4,11-14H2,1-3H3,(H,31,32,33). The van der Waals surface area contributed by atoms with E-state index in [4.69, 9.17) is 16.3 Å². The van der Waals surface area contributed by atoms with Crippen LogP contribution < -0.4 is 14.4 Å². The lowest BCUT2D eigenvalue weighted by Gasteiger charge is -2.34. The molecule has 13 heteroatoms. The second-order valence-electron chi connectivity index (χ2n) is 9.08. The fourth-order valence-electron chi connectivity index (χ4n) is 4.27. The molecule has 1 N–H and O–H groups in total. The van der Waals surface area contributed by atoms with Crippen LogP contribution in [0.15, 0.2) is 53.7 Å².